The zero-order chi connectivity index (χ0) is 26.0. The molecule has 1 saturated heterocycles. The average Bonchev–Trinajstić information content (AvgIpc) is 2.74. The third-order valence-electron chi connectivity index (χ3n) is 6.29. The van der Waals surface area contributed by atoms with Crippen LogP contribution in [0.3, 0.4) is 0 Å². The Balaban J connectivity index is 1.67. The van der Waals surface area contributed by atoms with E-state index < -0.39 is 41.1 Å². The van der Waals surface area contributed by atoms with E-state index in [1.807, 2.05) is 13.0 Å². The van der Waals surface area contributed by atoms with Gasteiger partial charge >= 0.3 is 18.3 Å². The maximum Gasteiger partial charge on any atom is 0.418 e. The predicted molar refractivity (Wildman–Crippen MR) is 119 cm³/mol. The van der Waals surface area contributed by atoms with E-state index in [1.54, 1.807) is 25.1 Å². The second-order valence-corrected chi connectivity index (χ2v) is 8.90. The number of anilines is 1. The lowest BCUT2D eigenvalue weighted by atomic mass is 9.84. The molecule has 1 fully saturated rings. The molecule has 0 spiro atoms. The minimum atomic E-state index is -4.77. The number of hydrogen-bond acceptors (Lipinski definition) is 3. The fourth-order valence-corrected chi connectivity index (χ4v) is 4.32. The maximum absolute atomic E-state index is 13.4. The molecule has 1 aliphatic rings. The van der Waals surface area contributed by atoms with Crippen LogP contribution in [0.2, 0.25) is 0 Å². The summed E-state index contributed by atoms with van der Waals surface area (Å²) in [5, 5.41) is 9.41. The van der Waals surface area contributed by atoms with Crippen LogP contribution in [0.5, 0.6) is 5.75 Å². The van der Waals surface area contributed by atoms with E-state index in [2.05, 4.69) is 0 Å². The van der Waals surface area contributed by atoms with Crippen molar-refractivity contribution in [2.45, 2.75) is 45.0 Å². The fourth-order valence-electron chi connectivity index (χ4n) is 4.32. The second-order valence-electron chi connectivity index (χ2n) is 8.90. The Morgan fingerprint density at radius 2 is 1.77 bits per heavy atom. The van der Waals surface area contributed by atoms with Crippen molar-refractivity contribution >= 4 is 11.7 Å². The number of alkyl halides is 6. The van der Waals surface area contributed by atoms with Crippen molar-refractivity contribution in [3.05, 3.63) is 59.2 Å². The predicted octanol–water partition coefficient (Wildman–Crippen LogP) is 6.84. The largest absolute Gasteiger partial charge is 0.493 e. The molecule has 0 amide bonds. The van der Waals surface area contributed by atoms with Gasteiger partial charge in [0.05, 0.1) is 23.7 Å². The van der Waals surface area contributed by atoms with Crippen molar-refractivity contribution < 1.29 is 41.0 Å². The van der Waals surface area contributed by atoms with E-state index in [0.717, 1.165) is 12.0 Å². The van der Waals surface area contributed by atoms with Crippen molar-refractivity contribution in [2.75, 3.05) is 24.6 Å². The van der Waals surface area contributed by atoms with E-state index in [9.17, 15) is 36.2 Å². The van der Waals surface area contributed by atoms with E-state index in [0.29, 0.717) is 30.4 Å². The first-order chi connectivity index (χ1) is 16.3. The SMILES string of the molecule is CCCC(c1cccc(OCC2CN(c3cc(C(F)(F)F)ccc3C(F)(F)F)C2)c1)C(C)C(=O)O. The topological polar surface area (TPSA) is 49.8 Å². The highest BCUT2D eigenvalue weighted by atomic mass is 19.4. The summed E-state index contributed by atoms with van der Waals surface area (Å²) < 4.78 is 85.0. The quantitative estimate of drug-likeness (QED) is 0.381. The van der Waals surface area contributed by atoms with Crippen molar-refractivity contribution in [3.8, 4) is 5.75 Å². The molecule has 10 heteroatoms. The molecular weight excluding hydrogens is 476 g/mol. The molecule has 0 radical (unpaired) electrons. The van der Waals surface area contributed by atoms with Crippen LogP contribution in [0.4, 0.5) is 32.0 Å². The summed E-state index contributed by atoms with van der Waals surface area (Å²) in [4.78, 5) is 12.7. The molecule has 0 aliphatic carbocycles. The number of nitrogens with zero attached hydrogens (tertiary/aromatic N) is 1. The molecule has 35 heavy (non-hydrogen) atoms. The number of halogens is 6. The Bertz CT molecular complexity index is 1030. The van der Waals surface area contributed by atoms with Gasteiger partial charge in [0.2, 0.25) is 0 Å². The molecule has 192 valence electrons. The van der Waals surface area contributed by atoms with Crippen LogP contribution >= 0.6 is 0 Å². The summed E-state index contributed by atoms with van der Waals surface area (Å²) in [7, 11) is 0. The zero-order valence-corrected chi connectivity index (χ0v) is 19.3. The Morgan fingerprint density at radius 3 is 2.34 bits per heavy atom. The third kappa shape index (κ3) is 6.41. The Morgan fingerprint density at radius 1 is 1.09 bits per heavy atom. The minimum absolute atomic E-state index is 0.124. The standard InChI is InChI=1S/C25H27F6NO3/c1-3-5-20(15(2)23(33)34)17-6-4-7-19(10-17)35-14-16-12-32(13-16)22-11-18(24(26,27)28)8-9-21(22)25(29,30)31/h4,6-11,15-16,20H,3,5,12-14H2,1-2H3,(H,33,34). The molecule has 3 rings (SSSR count). The van der Waals surface area contributed by atoms with Crippen LogP contribution in [-0.4, -0.2) is 30.8 Å². The zero-order valence-electron chi connectivity index (χ0n) is 19.3. The summed E-state index contributed by atoms with van der Waals surface area (Å²) in [6.45, 7) is 4.05. The maximum atomic E-state index is 13.4. The Kier molecular flexibility index (Phi) is 7.91. The van der Waals surface area contributed by atoms with Gasteiger partial charge in [-0.25, -0.2) is 0 Å². The summed E-state index contributed by atoms with van der Waals surface area (Å²) in [6, 6.07) is 8.53. The molecule has 0 bridgehead atoms. The normalized spacial score (nSPS) is 16.5. The Labute approximate surface area is 199 Å². The molecule has 2 aromatic rings. The van der Waals surface area contributed by atoms with Gasteiger partial charge in [0, 0.05) is 24.7 Å². The fraction of sp³-hybridized carbons (Fsp3) is 0.480. The van der Waals surface area contributed by atoms with Gasteiger partial charge in [-0.2, -0.15) is 26.3 Å². The minimum Gasteiger partial charge on any atom is -0.493 e. The lowest BCUT2D eigenvalue weighted by molar-refractivity contribution is -0.142. The van der Waals surface area contributed by atoms with Gasteiger partial charge in [0.25, 0.3) is 0 Å². The number of carbonyl (C=O) groups is 1. The van der Waals surface area contributed by atoms with Crippen LogP contribution in [0.1, 0.15) is 49.3 Å². The number of carboxylic acids is 1. The second kappa shape index (κ2) is 10.4. The smallest absolute Gasteiger partial charge is 0.418 e. The molecule has 2 aromatic carbocycles. The van der Waals surface area contributed by atoms with Crippen molar-refractivity contribution in [2.24, 2.45) is 11.8 Å². The van der Waals surface area contributed by atoms with Crippen molar-refractivity contribution in [1.29, 1.82) is 0 Å². The summed E-state index contributed by atoms with van der Waals surface area (Å²) >= 11 is 0. The van der Waals surface area contributed by atoms with Crippen LogP contribution in [0.15, 0.2) is 42.5 Å². The number of ether oxygens (including phenoxy) is 1. The summed E-state index contributed by atoms with van der Waals surface area (Å²) in [6.07, 6.45) is -8.03. The Hall–Kier alpha value is -2.91. The summed E-state index contributed by atoms with van der Waals surface area (Å²) in [5.74, 6) is -1.33. The molecule has 1 N–H and O–H groups in total. The van der Waals surface area contributed by atoms with E-state index in [4.69, 9.17) is 4.74 Å². The van der Waals surface area contributed by atoms with Crippen LogP contribution in [0, 0.1) is 11.8 Å². The average molecular weight is 503 g/mol. The van der Waals surface area contributed by atoms with Crippen LogP contribution in [0.25, 0.3) is 0 Å². The molecule has 2 atom stereocenters. The van der Waals surface area contributed by atoms with Gasteiger partial charge in [0.1, 0.15) is 5.75 Å². The molecule has 4 nitrogen and oxygen atoms in total. The number of carboxylic acid groups (broad SMARTS) is 1. The van der Waals surface area contributed by atoms with Gasteiger partial charge < -0.3 is 14.7 Å². The van der Waals surface area contributed by atoms with Gasteiger partial charge in [0.15, 0.2) is 0 Å². The molecule has 1 heterocycles. The number of benzene rings is 2. The highest BCUT2D eigenvalue weighted by Crippen LogP contribution is 2.42. The molecule has 0 aromatic heterocycles. The van der Waals surface area contributed by atoms with E-state index in [1.165, 1.54) is 4.90 Å². The molecule has 2 unspecified atom stereocenters. The van der Waals surface area contributed by atoms with Crippen molar-refractivity contribution in [3.63, 3.8) is 0 Å². The van der Waals surface area contributed by atoms with Gasteiger partial charge in [-0.15, -0.1) is 0 Å². The van der Waals surface area contributed by atoms with Crippen molar-refractivity contribution in [1.82, 2.24) is 0 Å². The number of rotatable bonds is 9. The molecule has 0 saturated carbocycles. The highest BCUT2D eigenvalue weighted by Gasteiger charge is 2.40. The van der Waals surface area contributed by atoms with E-state index in [-0.39, 0.29) is 31.5 Å². The van der Waals surface area contributed by atoms with E-state index >= 15 is 0 Å². The number of hydrogen-bond donors (Lipinski definition) is 1. The number of aliphatic carboxylic acids is 1. The molecule has 1 aliphatic heterocycles. The van der Waals surface area contributed by atoms with Gasteiger partial charge in [-0.05, 0) is 48.2 Å². The third-order valence-corrected chi connectivity index (χ3v) is 6.29. The first-order valence-electron chi connectivity index (χ1n) is 11.3. The monoisotopic (exact) mass is 503 g/mol. The van der Waals surface area contributed by atoms with Crippen LogP contribution in [-0.2, 0) is 17.1 Å². The lowest BCUT2D eigenvalue weighted by Crippen LogP contribution is -2.50. The van der Waals surface area contributed by atoms with Gasteiger partial charge in [-0.3, -0.25) is 4.79 Å². The first kappa shape index (κ1) is 26.7. The van der Waals surface area contributed by atoms with Gasteiger partial charge in [-0.1, -0.05) is 32.4 Å². The first-order valence-corrected chi connectivity index (χ1v) is 11.3. The van der Waals surface area contributed by atoms with Crippen LogP contribution < -0.4 is 9.64 Å². The molecular formula is C25H27F6NO3. The summed E-state index contributed by atoms with van der Waals surface area (Å²) in [5.41, 5.74) is -1.90. The lowest BCUT2D eigenvalue weighted by Gasteiger charge is -2.42. The highest BCUT2D eigenvalue weighted by molar-refractivity contribution is 5.71.